The SMILES string of the molecule is CCCN1C(=O)C(=O)C(=C(O)c2ccccc2)[C@@H]1c1ccc(OC)c(OC)c1. The summed E-state index contributed by atoms with van der Waals surface area (Å²) >= 11 is 0. The second-order valence-corrected chi connectivity index (χ2v) is 6.47. The monoisotopic (exact) mass is 381 g/mol. The summed E-state index contributed by atoms with van der Waals surface area (Å²) in [5, 5.41) is 10.9. The van der Waals surface area contributed by atoms with Gasteiger partial charge in [0.05, 0.1) is 25.8 Å². The van der Waals surface area contributed by atoms with Crippen LogP contribution >= 0.6 is 0 Å². The summed E-state index contributed by atoms with van der Waals surface area (Å²) in [7, 11) is 3.06. The van der Waals surface area contributed by atoms with Crippen molar-refractivity contribution in [2.75, 3.05) is 20.8 Å². The van der Waals surface area contributed by atoms with Gasteiger partial charge in [0.1, 0.15) is 5.76 Å². The van der Waals surface area contributed by atoms with Crippen molar-refractivity contribution in [2.45, 2.75) is 19.4 Å². The van der Waals surface area contributed by atoms with Crippen molar-refractivity contribution < 1.29 is 24.2 Å². The molecule has 1 fully saturated rings. The Morgan fingerprint density at radius 3 is 2.32 bits per heavy atom. The van der Waals surface area contributed by atoms with Crippen LogP contribution in [0.5, 0.6) is 11.5 Å². The normalized spacial score (nSPS) is 18.4. The lowest BCUT2D eigenvalue weighted by atomic mass is 9.95. The summed E-state index contributed by atoms with van der Waals surface area (Å²) in [5.41, 5.74) is 1.24. The maximum Gasteiger partial charge on any atom is 0.295 e. The largest absolute Gasteiger partial charge is 0.507 e. The number of likely N-dealkylation sites (tertiary alicyclic amines) is 1. The fourth-order valence-corrected chi connectivity index (χ4v) is 3.47. The molecule has 2 aromatic rings. The van der Waals surface area contributed by atoms with Gasteiger partial charge < -0.3 is 19.5 Å². The van der Waals surface area contributed by atoms with Crippen molar-refractivity contribution in [1.82, 2.24) is 4.90 Å². The molecule has 1 heterocycles. The van der Waals surface area contributed by atoms with E-state index in [0.29, 0.717) is 35.6 Å². The molecular weight excluding hydrogens is 358 g/mol. The van der Waals surface area contributed by atoms with Crippen molar-refractivity contribution in [3.05, 3.63) is 65.2 Å². The van der Waals surface area contributed by atoms with Gasteiger partial charge in [-0.3, -0.25) is 9.59 Å². The molecule has 2 aromatic carbocycles. The molecule has 146 valence electrons. The molecule has 1 amide bonds. The summed E-state index contributed by atoms with van der Waals surface area (Å²) in [4.78, 5) is 27.0. The van der Waals surface area contributed by atoms with Gasteiger partial charge in [0.25, 0.3) is 11.7 Å². The summed E-state index contributed by atoms with van der Waals surface area (Å²) in [6.45, 7) is 2.33. The van der Waals surface area contributed by atoms with Crippen LogP contribution < -0.4 is 9.47 Å². The highest BCUT2D eigenvalue weighted by Crippen LogP contribution is 2.41. The first-order valence-corrected chi connectivity index (χ1v) is 9.09. The average Bonchev–Trinajstić information content (AvgIpc) is 2.98. The third kappa shape index (κ3) is 3.33. The Labute approximate surface area is 164 Å². The molecule has 28 heavy (non-hydrogen) atoms. The van der Waals surface area contributed by atoms with Gasteiger partial charge in [-0.2, -0.15) is 0 Å². The van der Waals surface area contributed by atoms with Crippen molar-refractivity contribution in [2.24, 2.45) is 0 Å². The van der Waals surface area contributed by atoms with E-state index in [4.69, 9.17) is 9.47 Å². The summed E-state index contributed by atoms with van der Waals surface area (Å²) in [6.07, 6.45) is 0.683. The summed E-state index contributed by atoms with van der Waals surface area (Å²) < 4.78 is 10.7. The maximum absolute atomic E-state index is 12.8. The van der Waals surface area contributed by atoms with Crippen molar-refractivity contribution in [1.29, 1.82) is 0 Å². The predicted molar refractivity (Wildman–Crippen MR) is 105 cm³/mol. The van der Waals surface area contributed by atoms with Crippen LogP contribution in [-0.2, 0) is 9.59 Å². The molecule has 0 spiro atoms. The molecule has 1 N–H and O–H groups in total. The zero-order valence-electron chi connectivity index (χ0n) is 16.1. The van der Waals surface area contributed by atoms with E-state index in [-0.39, 0.29) is 11.3 Å². The van der Waals surface area contributed by atoms with E-state index in [1.807, 2.05) is 13.0 Å². The second-order valence-electron chi connectivity index (χ2n) is 6.47. The van der Waals surface area contributed by atoms with Gasteiger partial charge in [0.15, 0.2) is 11.5 Å². The van der Waals surface area contributed by atoms with Crippen LogP contribution in [0, 0.1) is 0 Å². The molecule has 0 unspecified atom stereocenters. The lowest BCUT2D eigenvalue weighted by Crippen LogP contribution is -2.30. The van der Waals surface area contributed by atoms with Gasteiger partial charge in [-0.05, 0) is 24.1 Å². The van der Waals surface area contributed by atoms with Gasteiger partial charge in [0.2, 0.25) is 0 Å². The molecule has 0 saturated carbocycles. The molecule has 0 bridgehead atoms. The first kappa shape index (κ1) is 19.5. The number of amides is 1. The van der Waals surface area contributed by atoms with Crippen molar-refractivity contribution >= 4 is 17.4 Å². The van der Waals surface area contributed by atoms with Crippen LogP contribution in [-0.4, -0.2) is 42.5 Å². The lowest BCUT2D eigenvalue weighted by Gasteiger charge is -2.25. The number of hydrogen-bond acceptors (Lipinski definition) is 5. The highest BCUT2D eigenvalue weighted by Gasteiger charge is 2.45. The van der Waals surface area contributed by atoms with Gasteiger partial charge >= 0.3 is 0 Å². The first-order chi connectivity index (χ1) is 13.5. The number of Topliss-reactive ketones (excluding diaryl/α,β-unsaturated/α-hetero) is 1. The van der Waals surface area contributed by atoms with E-state index in [9.17, 15) is 14.7 Å². The van der Waals surface area contributed by atoms with Crippen molar-refractivity contribution in [3.63, 3.8) is 0 Å². The summed E-state index contributed by atoms with van der Waals surface area (Å²) in [6, 6.07) is 13.3. The first-order valence-electron chi connectivity index (χ1n) is 9.09. The number of carbonyl (C=O) groups is 2. The number of hydrogen-bond donors (Lipinski definition) is 1. The highest BCUT2D eigenvalue weighted by atomic mass is 16.5. The zero-order chi connectivity index (χ0) is 20.3. The number of methoxy groups -OCH3 is 2. The molecule has 1 aliphatic rings. The Bertz CT molecular complexity index is 920. The number of rotatable bonds is 6. The van der Waals surface area contributed by atoms with E-state index in [0.717, 1.165) is 0 Å². The molecular formula is C22H23NO5. The molecule has 0 aromatic heterocycles. The van der Waals surface area contributed by atoms with Crippen LogP contribution in [0.2, 0.25) is 0 Å². The Hall–Kier alpha value is -3.28. The molecule has 1 saturated heterocycles. The third-order valence-electron chi connectivity index (χ3n) is 4.78. The number of aliphatic hydroxyl groups excluding tert-OH is 1. The van der Waals surface area contributed by atoms with Crippen LogP contribution in [0.4, 0.5) is 0 Å². The smallest absolute Gasteiger partial charge is 0.295 e. The van der Waals surface area contributed by atoms with Crippen LogP contribution in [0.15, 0.2) is 54.1 Å². The molecule has 6 heteroatoms. The minimum absolute atomic E-state index is 0.0804. The Kier molecular flexibility index (Phi) is 5.68. The van der Waals surface area contributed by atoms with Gasteiger partial charge in [0, 0.05) is 12.1 Å². The van der Waals surface area contributed by atoms with E-state index in [2.05, 4.69) is 0 Å². The lowest BCUT2D eigenvalue weighted by molar-refractivity contribution is -0.139. The standard InChI is InChI=1S/C22H23NO5/c1-4-12-23-19(15-10-11-16(27-2)17(13-15)28-3)18(21(25)22(23)26)20(24)14-8-6-5-7-9-14/h5-11,13,19,24H,4,12H2,1-3H3/t19-/m0/s1. The van der Waals surface area contributed by atoms with Gasteiger partial charge in [-0.25, -0.2) is 0 Å². The second kappa shape index (κ2) is 8.17. The minimum atomic E-state index is -0.694. The van der Waals surface area contributed by atoms with E-state index >= 15 is 0 Å². The molecule has 1 aliphatic heterocycles. The van der Waals surface area contributed by atoms with E-state index < -0.39 is 17.7 Å². The van der Waals surface area contributed by atoms with Gasteiger partial charge in [-0.15, -0.1) is 0 Å². The number of ether oxygens (including phenoxy) is 2. The molecule has 1 atom stereocenters. The summed E-state index contributed by atoms with van der Waals surface area (Å²) in [5.74, 6) is -0.449. The van der Waals surface area contributed by atoms with E-state index in [1.165, 1.54) is 19.1 Å². The van der Waals surface area contributed by atoms with Crippen LogP contribution in [0.3, 0.4) is 0 Å². The highest BCUT2D eigenvalue weighted by molar-refractivity contribution is 6.46. The van der Waals surface area contributed by atoms with Crippen LogP contribution in [0.25, 0.3) is 5.76 Å². The minimum Gasteiger partial charge on any atom is -0.507 e. The van der Waals surface area contributed by atoms with Crippen LogP contribution in [0.1, 0.15) is 30.5 Å². The fourth-order valence-electron chi connectivity index (χ4n) is 3.47. The maximum atomic E-state index is 12.8. The number of nitrogens with zero attached hydrogens (tertiary/aromatic N) is 1. The van der Waals surface area contributed by atoms with E-state index in [1.54, 1.807) is 42.5 Å². The number of ketones is 1. The molecule has 0 aliphatic carbocycles. The number of carbonyl (C=O) groups excluding carboxylic acids is 2. The molecule has 0 radical (unpaired) electrons. The fraction of sp³-hybridized carbons (Fsp3) is 0.273. The average molecular weight is 381 g/mol. The molecule has 3 rings (SSSR count). The quantitative estimate of drug-likeness (QED) is 0.471. The predicted octanol–water partition coefficient (Wildman–Crippen LogP) is 3.54. The zero-order valence-corrected chi connectivity index (χ0v) is 16.1. The molecule has 6 nitrogen and oxygen atoms in total. The Morgan fingerprint density at radius 1 is 1.04 bits per heavy atom. The van der Waals surface area contributed by atoms with Gasteiger partial charge in [-0.1, -0.05) is 43.3 Å². The number of aliphatic hydroxyl groups is 1. The Morgan fingerprint density at radius 2 is 1.71 bits per heavy atom. The van der Waals surface area contributed by atoms with Crippen molar-refractivity contribution in [3.8, 4) is 11.5 Å². The number of benzene rings is 2. The topological polar surface area (TPSA) is 76.1 Å². The Balaban J connectivity index is 2.20. The third-order valence-corrected chi connectivity index (χ3v) is 4.78.